The van der Waals surface area contributed by atoms with Gasteiger partial charge in [0.2, 0.25) is 11.1 Å². The number of carbonyl (C=O) groups excluding carboxylic acids is 1. The van der Waals surface area contributed by atoms with Gasteiger partial charge in [0, 0.05) is 17.1 Å². The molecule has 0 saturated carbocycles. The fraction of sp³-hybridized carbons (Fsp3) is 0.346. The van der Waals surface area contributed by atoms with Gasteiger partial charge in [-0.3, -0.25) is 4.79 Å². The zero-order valence-electron chi connectivity index (χ0n) is 19.9. The highest BCUT2D eigenvalue weighted by Crippen LogP contribution is 2.37. The van der Waals surface area contributed by atoms with E-state index in [1.54, 1.807) is 11.8 Å². The SMILES string of the molecule is CCCCSc1nc2n(n1)C(c1cccc(OCCC)c1)C(C(=O)Nc1ccccc1)=C(C)N2. The number of amides is 1. The maximum Gasteiger partial charge on any atom is 0.255 e. The van der Waals surface area contributed by atoms with Gasteiger partial charge in [-0.2, -0.15) is 4.98 Å². The molecule has 4 rings (SSSR count). The van der Waals surface area contributed by atoms with Gasteiger partial charge < -0.3 is 15.4 Å². The number of para-hydroxylation sites is 1. The first-order valence-corrected chi connectivity index (χ1v) is 12.8. The van der Waals surface area contributed by atoms with Crippen molar-refractivity contribution in [2.24, 2.45) is 0 Å². The third-order valence-corrected chi connectivity index (χ3v) is 6.41. The number of fused-ring (bicyclic) bond motifs is 1. The molecule has 1 amide bonds. The van der Waals surface area contributed by atoms with Crippen LogP contribution in [0.3, 0.4) is 0 Å². The number of ether oxygens (including phenoxy) is 1. The van der Waals surface area contributed by atoms with E-state index < -0.39 is 6.04 Å². The maximum absolute atomic E-state index is 13.5. The van der Waals surface area contributed by atoms with Gasteiger partial charge in [0.05, 0.1) is 12.2 Å². The number of unbranched alkanes of at least 4 members (excludes halogenated alkanes) is 1. The molecule has 0 spiro atoms. The van der Waals surface area contributed by atoms with Gasteiger partial charge in [-0.05, 0) is 49.6 Å². The van der Waals surface area contributed by atoms with Gasteiger partial charge in [-0.1, -0.05) is 62.4 Å². The Morgan fingerprint density at radius 1 is 1.15 bits per heavy atom. The molecule has 0 aliphatic carbocycles. The van der Waals surface area contributed by atoms with E-state index in [9.17, 15) is 4.79 Å². The highest BCUT2D eigenvalue weighted by molar-refractivity contribution is 7.99. The van der Waals surface area contributed by atoms with Crippen LogP contribution < -0.4 is 15.4 Å². The number of anilines is 2. The van der Waals surface area contributed by atoms with Crippen molar-refractivity contribution in [3.05, 3.63) is 71.4 Å². The van der Waals surface area contributed by atoms with Crippen molar-refractivity contribution in [2.45, 2.75) is 51.2 Å². The Kier molecular flexibility index (Phi) is 7.90. The summed E-state index contributed by atoms with van der Waals surface area (Å²) >= 11 is 1.64. The summed E-state index contributed by atoms with van der Waals surface area (Å²) in [6.45, 7) is 6.79. The number of carbonyl (C=O) groups is 1. The number of nitrogens with one attached hydrogen (secondary N) is 2. The van der Waals surface area contributed by atoms with Gasteiger partial charge in [0.25, 0.3) is 5.91 Å². The first kappa shape index (κ1) is 23.9. The second-order valence-electron chi connectivity index (χ2n) is 8.17. The lowest BCUT2D eigenvalue weighted by molar-refractivity contribution is -0.113. The molecule has 0 fully saturated rings. The van der Waals surface area contributed by atoms with Crippen molar-refractivity contribution in [3.8, 4) is 5.75 Å². The Balaban J connectivity index is 1.73. The number of hydrogen-bond acceptors (Lipinski definition) is 6. The summed E-state index contributed by atoms with van der Waals surface area (Å²) in [5, 5.41) is 11.8. The molecule has 34 heavy (non-hydrogen) atoms. The molecule has 2 aromatic carbocycles. The van der Waals surface area contributed by atoms with E-state index in [1.807, 2.05) is 66.2 Å². The van der Waals surface area contributed by atoms with Crippen molar-refractivity contribution >= 4 is 29.3 Å². The van der Waals surface area contributed by atoms with Crippen LogP contribution in [0.4, 0.5) is 11.6 Å². The van der Waals surface area contributed by atoms with Crippen molar-refractivity contribution < 1.29 is 9.53 Å². The maximum atomic E-state index is 13.5. The molecule has 3 aromatic rings. The summed E-state index contributed by atoms with van der Waals surface area (Å²) in [4.78, 5) is 18.2. The normalized spacial score (nSPS) is 15.0. The lowest BCUT2D eigenvalue weighted by Gasteiger charge is -2.29. The number of rotatable bonds is 10. The standard InChI is InChI=1S/C26H31N5O2S/c1-4-6-16-34-26-29-25-27-18(3)22(24(32)28-20-12-8-7-9-13-20)23(31(25)30-26)19-11-10-14-21(17-19)33-15-5-2/h7-14,17,23H,4-6,15-16H2,1-3H3,(H,28,32)(H,27,29,30). The summed E-state index contributed by atoms with van der Waals surface area (Å²) in [6.07, 6.45) is 3.15. The molecule has 8 heteroatoms. The first-order chi connectivity index (χ1) is 16.6. The lowest BCUT2D eigenvalue weighted by Crippen LogP contribution is -2.31. The zero-order chi connectivity index (χ0) is 23.9. The Bertz CT molecular complexity index is 1160. The Labute approximate surface area is 205 Å². The van der Waals surface area contributed by atoms with Crippen LogP contribution in [-0.4, -0.2) is 33.0 Å². The van der Waals surface area contributed by atoms with Crippen LogP contribution in [0.25, 0.3) is 0 Å². The van der Waals surface area contributed by atoms with E-state index in [0.717, 1.165) is 47.7 Å². The number of nitrogens with zero attached hydrogens (tertiary/aromatic N) is 3. The summed E-state index contributed by atoms with van der Waals surface area (Å²) in [5.74, 6) is 2.19. The second kappa shape index (κ2) is 11.2. The smallest absolute Gasteiger partial charge is 0.255 e. The van der Waals surface area contributed by atoms with Gasteiger partial charge >= 0.3 is 0 Å². The lowest BCUT2D eigenvalue weighted by atomic mass is 9.95. The molecule has 1 aromatic heterocycles. The minimum atomic E-state index is -0.432. The van der Waals surface area contributed by atoms with Crippen LogP contribution in [-0.2, 0) is 4.79 Å². The molecule has 1 atom stereocenters. The van der Waals surface area contributed by atoms with E-state index in [1.165, 1.54) is 0 Å². The van der Waals surface area contributed by atoms with Crippen molar-refractivity contribution in [3.63, 3.8) is 0 Å². The minimum absolute atomic E-state index is 0.178. The van der Waals surface area contributed by atoms with Gasteiger partial charge in [-0.25, -0.2) is 4.68 Å². The molecule has 1 unspecified atom stereocenters. The van der Waals surface area contributed by atoms with E-state index >= 15 is 0 Å². The van der Waals surface area contributed by atoms with Gasteiger partial charge in [0.15, 0.2) is 0 Å². The molecule has 0 radical (unpaired) electrons. The number of thioether (sulfide) groups is 1. The van der Waals surface area contributed by atoms with E-state index in [4.69, 9.17) is 14.8 Å². The predicted molar refractivity (Wildman–Crippen MR) is 137 cm³/mol. The molecule has 7 nitrogen and oxygen atoms in total. The molecule has 2 N–H and O–H groups in total. The van der Waals surface area contributed by atoms with E-state index in [0.29, 0.717) is 23.3 Å². The quantitative estimate of drug-likeness (QED) is 0.280. The molecule has 2 heterocycles. The molecule has 0 saturated heterocycles. The molecule has 1 aliphatic heterocycles. The predicted octanol–water partition coefficient (Wildman–Crippen LogP) is 5.89. The summed E-state index contributed by atoms with van der Waals surface area (Å²) < 4.78 is 7.70. The van der Waals surface area contributed by atoms with Gasteiger partial charge in [0.1, 0.15) is 11.8 Å². The van der Waals surface area contributed by atoms with Crippen molar-refractivity contribution in [2.75, 3.05) is 23.0 Å². The first-order valence-electron chi connectivity index (χ1n) is 11.8. The van der Waals surface area contributed by atoms with Gasteiger partial charge in [-0.15, -0.1) is 5.10 Å². The monoisotopic (exact) mass is 477 g/mol. The zero-order valence-corrected chi connectivity index (χ0v) is 20.7. The van der Waals surface area contributed by atoms with Crippen molar-refractivity contribution in [1.29, 1.82) is 0 Å². The fourth-order valence-electron chi connectivity index (χ4n) is 3.82. The summed E-state index contributed by atoms with van der Waals surface area (Å²) in [6, 6.07) is 16.9. The van der Waals surface area contributed by atoms with Crippen LogP contribution in [0.2, 0.25) is 0 Å². The van der Waals surface area contributed by atoms with Crippen LogP contribution in [0, 0.1) is 0 Å². The Hall–Kier alpha value is -3.26. The molecular weight excluding hydrogens is 446 g/mol. The van der Waals surface area contributed by atoms with Crippen LogP contribution in [0.15, 0.2) is 71.0 Å². The third kappa shape index (κ3) is 5.44. The summed E-state index contributed by atoms with van der Waals surface area (Å²) in [5.41, 5.74) is 3.01. The third-order valence-electron chi connectivity index (χ3n) is 5.49. The highest BCUT2D eigenvalue weighted by Gasteiger charge is 2.34. The van der Waals surface area contributed by atoms with Crippen LogP contribution >= 0.6 is 11.8 Å². The van der Waals surface area contributed by atoms with E-state index in [2.05, 4.69) is 24.5 Å². The average molecular weight is 478 g/mol. The van der Waals surface area contributed by atoms with Crippen molar-refractivity contribution in [1.82, 2.24) is 14.8 Å². The highest BCUT2D eigenvalue weighted by atomic mass is 32.2. The minimum Gasteiger partial charge on any atom is -0.494 e. The molecular formula is C26H31N5O2S. The Morgan fingerprint density at radius 2 is 1.97 bits per heavy atom. The number of hydrogen-bond donors (Lipinski definition) is 2. The topological polar surface area (TPSA) is 81.1 Å². The summed E-state index contributed by atoms with van der Waals surface area (Å²) in [7, 11) is 0. The fourth-order valence-corrected chi connectivity index (χ4v) is 4.73. The Morgan fingerprint density at radius 3 is 2.74 bits per heavy atom. The number of allylic oxidation sites excluding steroid dienone is 1. The second-order valence-corrected chi connectivity index (χ2v) is 9.23. The average Bonchev–Trinajstić information content (AvgIpc) is 3.25. The van der Waals surface area contributed by atoms with Crippen LogP contribution in [0.1, 0.15) is 51.6 Å². The van der Waals surface area contributed by atoms with E-state index in [-0.39, 0.29) is 5.91 Å². The molecule has 0 bridgehead atoms. The number of benzene rings is 2. The number of aromatic nitrogens is 3. The largest absolute Gasteiger partial charge is 0.494 e. The molecule has 178 valence electrons. The van der Waals surface area contributed by atoms with Crippen LogP contribution in [0.5, 0.6) is 5.75 Å². The molecule has 1 aliphatic rings.